The Kier molecular flexibility index (Phi) is 3.06. The van der Waals surface area contributed by atoms with Crippen molar-refractivity contribution in [1.29, 1.82) is 0 Å². The minimum atomic E-state index is -0.0301. The van der Waals surface area contributed by atoms with Crippen molar-refractivity contribution < 1.29 is 4.74 Å². The molecule has 3 heteroatoms. The summed E-state index contributed by atoms with van der Waals surface area (Å²) in [5, 5.41) is 0.745. The van der Waals surface area contributed by atoms with Gasteiger partial charge in [0.2, 0.25) is 0 Å². The van der Waals surface area contributed by atoms with E-state index < -0.39 is 0 Å². The third kappa shape index (κ3) is 1.92. The van der Waals surface area contributed by atoms with Crippen LogP contribution in [0.15, 0.2) is 24.3 Å². The maximum absolute atomic E-state index is 6.09. The molecule has 2 N–H and O–H groups in total. The van der Waals surface area contributed by atoms with Crippen molar-refractivity contribution in [1.82, 2.24) is 0 Å². The number of benzene rings is 1. The summed E-state index contributed by atoms with van der Waals surface area (Å²) < 4.78 is 5.65. The van der Waals surface area contributed by atoms with E-state index in [0.29, 0.717) is 0 Å². The fourth-order valence-electron chi connectivity index (χ4n) is 1.83. The Morgan fingerprint density at radius 1 is 1.36 bits per heavy atom. The Morgan fingerprint density at radius 3 is 2.86 bits per heavy atom. The maximum atomic E-state index is 6.09. The average Bonchev–Trinajstić information content (AvgIpc) is 2.20. The van der Waals surface area contributed by atoms with Gasteiger partial charge in [-0.2, -0.15) is 0 Å². The Bertz CT molecular complexity index is 316. The minimum Gasteiger partial charge on any atom is -0.372 e. The lowest BCUT2D eigenvalue weighted by Crippen LogP contribution is -2.34. The van der Waals surface area contributed by atoms with E-state index in [1.165, 1.54) is 0 Å². The van der Waals surface area contributed by atoms with Crippen molar-refractivity contribution in [3.05, 3.63) is 34.9 Å². The Labute approximate surface area is 89.0 Å². The number of halogens is 1. The van der Waals surface area contributed by atoms with E-state index in [4.69, 9.17) is 22.1 Å². The molecule has 0 radical (unpaired) electrons. The van der Waals surface area contributed by atoms with Gasteiger partial charge in [-0.05, 0) is 18.9 Å². The summed E-state index contributed by atoms with van der Waals surface area (Å²) in [5.41, 5.74) is 7.01. The van der Waals surface area contributed by atoms with Gasteiger partial charge in [0.05, 0.1) is 6.10 Å². The molecule has 0 amide bonds. The predicted octanol–water partition coefficient (Wildman–Crippen LogP) is 2.52. The van der Waals surface area contributed by atoms with E-state index in [2.05, 4.69) is 0 Å². The zero-order valence-electron chi connectivity index (χ0n) is 7.95. The monoisotopic (exact) mass is 211 g/mol. The molecule has 76 valence electrons. The van der Waals surface area contributed by atoms with Crippen LogP contribution >= 0.6 is 11.6 Å². The molecule has 2 nitrogen and oxygen atoms in total. The molecule has 0 aromatic heterocycles. The van der Waals surface area contributed by atoms with Gasteiger partial charge in [0.1, 0.15) is 0 Å². The standard InChI is InChI=1S/C11H14ClNO/c12-9-5-2-1-4-8(9)11-10(13)6-3-7-14-11/h1-2,4-5,10-11H,3,6-7,13H2. The predicted molar refractivity (Wildman–Crippen MR) is 57.4 cm³/mol. The van der Waals surface area contributed by atoms with E-state index in [1.54, 1.807) is 0 Å². The highest BCUT2D eigenvalue weighted by Crippen LogP contribution is 2.31. The third-order valence-electron chi connectivity index (χ3n) is 2.58. The van der Waals surface area contributed by atoms with Crippen LogP contribution in [0.5, 0.6) is 0 Å². The number of hydrogen-bond donors (Lipinski definition) is 1. The van der Waals surface area contributed by atoms with Crippen LogP contribution in [-0.2, 0) is 4.74 Å². The summed E-state index contributed by atoms with van der Waals surface area (Å²) in [6, 6.07) is 7.81. The first kappa shape index (κ1) is 9.97. The summed E-state index contributed by atoms with van der Waals surface area (Å²) in [7, 11) is 0. The topological polar surface area (TPSA) is 35.2 Å². The molecule has 1 saturated heterocycles. The quantitative estimate of drug-likeness (QED) is 0.775. The van der Waals surface area contributed by atoms with E-state index >= 15 is 0 Å². The van der Waals surface area contributed by atoms with E-state index in [-0.39, 0.29) is 12.1 Å². The second-order valence-electron chi connectivity index (χ2n) is 3.62. The van der Waals surface area contributed by atoms with Gasteiger partial charge in [0.25, 0.3) is 0 Å². The van der Waals surface area contributed by atoms with Crippen molar-refractivity contribution in [2.24, 2.45) is 5.73 Å². The summed E-state index contributed by atoms with van der Waals surface area (Å²) in [6.45, 7) is 0.781. The highest BCUT2D eigenvalue weighted by molar-refractivity contribution is 6.31. The van der Waals surface area contributed by atoms with Crippen molar-refractivity contribution in [3.63, 3.8) is 0 Å². The fourth-order valence-corrected chi connectivity index (χ4v) is 2.07. The molecule has 2 rings (SSSR count). The molecule has 1 fully saturated rings. The molecule has 1 aromatic rings. The molecule has 1 aromatic carbocycles. The molecular formula is C11H14ClNO. The largest absolute Gasteiger partial charge is 0.372 e. The highest BCUT2D eigenvalue weighted by Gasteiger charge is 2.25. The SMILES string of the molecule is NC1CCCOC1c1ccccc1Cl. The molecule has 14 heavy (non-hydrogen) atoms. The van der Waals surface area contributed by atoms with Crippen LogP contribution in [0.2, 0.25) is 5.02 Å². The van der Waals surface area contributed by atoms with Gasteiger partial charge < -0.3 is 10.5 Å². The molecule has 1 aliphatic rings. The third-order valence-corrected chi connectivity index (χ3v) is 2.92. The normalized spacial score (nSPS) is 27.6. The van der Waals surface area contributed by atoms with E-state index in [1.807, 2.05) is 24.3 Å². The molecule has 0 saturated carbocycles. The number of hydrogen-bond acceptors (Lipinski definition) is 2. The van der Waals surface area contributed by atoms with Gasteiger partial charge in [-0.3, -0.25) is 0 Å². The van der Waals surface area contributed by atoms with Crippen LogP contribution in [0.4, 0.5) is 0 Å². The first-order chi connectivity index (χ1) is 6.79. The van der Waals surface area contributed by atoms with Gasteiger partial charge >= 0.3 is 0 Å². The second kappa shape index (κ2) is 4.30. The molecule has 2 atom stereocenters. The van der Waals surface area contributed by atoms with Crippen LogP contribution < -0.4 is 5.73 Å². The zero-order chi connectivity index (χ0) is 9.97. The van der Waals surface area contributed by atoms with Crippen LogP contribution in [-0.4, -0.2) is 12.6 Å². The average molecular weight is 212 g/mol. The van der Waals surface area contributed by atoms with E-state index in [0.717, 1.165) is 30.0 Å². The van der Waals surface area contributed by atoms with Crippen molar-refractivity contribution in [3.8, 4) is 0 Å². The van der Waals surface area contributed by atoms with Gasteiger partial charge in [-0.15, -0.1) is 0 Å². The maximum Gasteiger partial charge on any atom is 0.0990 e. The lowest BCUT2D eigenvalue weighted by atomic mass is 9.97. The Balaban J connectivity index is 2.25. The Hall–Kier alpha value is -0.570. The minimum absolute atomic E-state index is 0.0301. The number of rotatable bonds is 1. The molecule has 0 bridgehead atoms. The Morgan fingerprint density at radius 2 is 2.14 bits per heavy atom. The van der Waals surface area contributed by atoms with Gasteiger partial charge in [-0.25, -0.2) is 0 Å². The van der Waals surface area contributed by atoms with Crippen LogP contribution in [0, 0.1) is 0 Å². The summed E-state index contributed by atoms with van der Waals surface area (Å²) in [5.74, 6) is 0. The molecule has 1 heterocycles. The highest BCUT2D eigenvalue weighted by atomic mass is 35.5. The fraction of sp³-hybridized carbons (Fsp3) is 0.455. The van der Waals surface area contributed by atoms with Crippen LogP contribution in [0.3, 0.4) is 0 Å². The van der Waals surface area contributed by atoms with Crippen LogP contribution in [0.25, 0.3) is 0 Å². The first-order valence-electron chi connectivity index (χ1n) is 4.90. The lowest BCUT2D eigenvalue weighted by molar-refractivity contribution is 0.000209. The van der Waals surface area contributed by atoms with Gasteiger partial charge in [-0.1, -0.05) is 29.8 Å². The number of ether oxygens (including phenoxy) is 1. The first-order valence-corrected chi connectivity index (χ1v) is 5.28. The summed E-state index contributed by atoms with van der Waals surface area (Å²) in [6.07, 6.45) is 2.02. The molecular weight excluding hydrogens is 198 g/mol. The summed E-state index contributed by atoms with van der Waals surface area (Å²) >= 11 is 6.09. The lowest BCUT2D eigenvalue weighted by Gasteiger charge is -2.29. The van der Waals surface area contributed by atoms with Gasteiger partial charge in [0.15, 0.2) is 0 Å². The van der Waals surface area contributed by atoms with Crippen molar-refractivity contribution in [2.75, 3.05) is 6.61 Å². The smallest absolute Gasteiger partial charge is 0.0990 e. The van der Waals surface area contributed by atoms with Crippen LogP contribution in [0.1, 0.15) is 24.5 Å². The zero-order valence-corrected chi connectivity index (χ0v) is 8.70. The molecule has 1 aliphatic heterocycles. The van der Waals surface area contributed by atoms with E-state index in [9.17, 15) is 0 Å². The second-order valence-corrected chi connectivity index (χ2v) is 4.03. The molecule has 0 aliphatic carbocycles. The molecule has 2 unspecified atom stereocenters. The summed E-state index contributed by atoms with van der Waals surface area (Å²) in [4.78, 5) is 0. The van der Waals surface area contributed by atoms with Gasteiger partial charge in [0, 0.05) is 23.2 Å². The number of nitrogens with two attached hydrogens (primary N) is 1. The molecule has 0 spiro atoms. The van der Waals surface area contributed by atoms with Crippen molar-refractivity contribution in [2.45, 2.75) is 25.0 Å². The van der Waals surface area contributed by atoms with Crippen molar-refractivity contribution >= 4 is 11.6 Å².